The van der Waals surface area contributed by atoms with Gasteiger partial charge >= 0.3 is 0 Å². The lowest BCUT2D eigenvalue weighted by Crippen LogP contribution is -2.13. The van der Waals surface area contributed by atoms with E-state index in [0.717, 1.165) is 5.56 Å². The summed E-state index contributed by atoms with van der Waals surface area (Å²) < 4.78 is 6.22. The van der Waals surface area contributed by atoms with Crippen molar-refractivity contribution < 1.29 is 14.5 Å². The van der Waals surface area contributed by atoms with Gasteiger partial charge in [-0.2, -0.15) is 5.10 Å². The van der Waals surface area contributed by atoms with Crippen molar-refractivity contribution in [2.75, 3.05) is 5.32 Å². The Morgan fingerprint density at radius 1 is 1.33 bits per heavy atom. The molecule has 0 spiro atoms. The number of amides is 1. The van der Waals surface area contributed by atoms with Gasteiger partial charge < -0.3 is 10.1 Å². The first-order valence-electron chi connectivity index (χ1n) is 7.57. The molecule has 0 aliphatic heterocycles. The molecular formula is C17H12BrClN4O4. The molecule has 0 radical (unpaired) electrons. The smallest absolute Gasteiger partial charge is 0.275 e. The van der Waals surface area contributed by atoms with E-state index in [9.17, 15) is 14.9 Å². The summed E-state index contributed by atoms with van der Waals surface area (Å²) in [6.45, 7) is 1.80. The number of nitrogens with one attached hydrogen (secondary N) is 2. The van der Waals surface area contributed by atoms with Crippen molar-refractivity contribution in [3.05, 3.63) is 73.5 Å². The molecule has 0 unspecified atom stereocenters. The second-order valence-corrected chi connectivity index (χ2v) is 6.82. The van der Waals surface area contributed by atoms with Crippen LogP contribution in [0, 0.1) is 17.0 Å². The Kier molecular flexibility index (Phi) is 5.43. The van der Waals surface area contributed by atoms with Crippen molar-refractivity contribution >= 4 is 44.8 Å². The number of nitrogens with zero attached hydrogens (tertiary/aromatic N) is 2. The highest BCUT2D eigenvalue weighted by Gasteiger charge is 2.16. The molecule has 3 rings (SSSR count). The highest BCUT2D eigenvalue weighted by molar-refractivity contribution is 9.10. The quantitative estimate of drug-likeness (QED) is 0.415. The highest BCUT2D eigenvalue weighted by atomic mass is 79.9. The van der Waals surface area contributed by atoms with E-state index in [-0.39, 0.29) is 22.8 Å². The van der Waals surface area contributed by atoms with Crippen LogP contribution in [-0.4, -0.2) is 21.0 Å². The fourth-order valence-electron chi connectivity index (χ4n) is 2.30. The fraction of sp³-hybridized carbons (Fsp3) is 0.0588. The summed E-state index contributed by atoms with van der Waals surface area (Å²) in [5, 5.41) is 20.7. The molecule has 1 aromatic heterocycles. The molecule has 8 nitrogen and oxygen atoms in total. The lowest BCUT2D eigenvalue weighted by molar-refractivity contribution is -0.384. The van der Waals surface area contributed by atoms with Gasteiger partial charge in [-0.25, -0.2) is 0 Å². The number of ether oxygens (including phenoxy) is 1. The number of benzene rings is 2. The van der Waals surface area contributed by atoms with Crippen LogP contribution < -0.4 is 10.1 Å². The Balaban J connectivity index is 1.92. The molecule has 0 aliphatic carbocycles. The maximum absolute atomic E-state index is 12.3. The van der Waals surface area contributed by atoms with E-state index in [4.69, 9.17) is 16.3 Å². The van der Waals surface area contributed by atoms with E-state index in [1.807, 2.05) is 0 Å². The van der Waals surface area contributed by atoms with Gasteiger partial charge in [0.25, 0.3) is 11.6 Å². The topological polar surface area (TPSA) is 110 Å². The third kappa shape index (κ3) is 4.44. The zero-order valence-electron chi connectivity index (χ0n) is 13.8. The van der Waals surface area contributed by atoms with Gasteiger partial charge in [0.15, 0.2) is 0 Å². The van der Waals surface area contributed by atoms with Gasteiger partial charge in [-0.3, -0.25) is 20.0 Å². The summed E-state index contributed by atoms with van der Waals surface area (Å²) in [5.74, 6) is 0.190. The van der Waals surface area contributed by atoms with E-state index in [0.29, 0.717) is 15.2 Å². The van der Waals surface area contributed by atoms with Crippen LogP contribution in [0.3, 0.4) is 0 Å². The molecule has 0 bridgehead atoms. The van der Waals surface area contributed by atoms with Gasteiger partial charge in [0.2, 0.25) is 0 Å². The van der Waals surface area contributed by atoms with Crippen molar-refractivity contribution in [2.45, 2.75) is 6.92 Å². The second-order valence-electron chi connectivity index (χ2n) is 5.53. The molecule has 0 saturated carbocycles. The Hall–Kier alpha value is -2.91. The van der Waals surface area contributed by atoms with Crippen molar-refractivity contribution in [2.24, 2.45) is 0 Å². The number of aromatic amines is 1. The number of anilines is 1. The summed E-state index contributed by atoms with van der Waals surface area (Å²) in [5.41, 5.74) is 0.939. The Morgan fingerprint density at radius 3 is 2.74 bits per heavy atom. The molecule has 138 valence electrons. The molecule has 10 heteroatoms. The lowest BCUT2D eigenvalue weighted by atomic mass is 10.2. The number of hydrogen-bond donors (Lipinski definition) is 2. The predicted octanol–water partition coefficient (Wildman–Crippen LogP) is 5.09. The van der Waals surface area contributed by atoms with E-state index < -0.39 is 10.8 Å². The standard InChI is InChI=1S/C17H12BrClN4O4/c1-9-4-10(19)2-3-15(9)27-13-6-11(5-12(7-13)23(25)26)21-17(24)16-14(18)8-20-22-16/h2-8H,1H3,(H,20,22)(H,21,24). The molecule has 0 atom stereocenters. The van der Waals surface area contributed by atoms with Crippen LogP contribution in [0.15, 0.2) is 47.1 Å². The third-order valence-electron chi connectivity index (χ3n) is 3.54. The van der Waals surface area contributed by atoms with Crippen LogP contribution in [0.1, 0.15) is 16.1 Å². The molecule has 27 heavy (non-hydrogen) atoms. The van der Waals surface area contributed by atoms with E-state index in [2.05, 4.69) is 31.4 Å². The van der Waals surface area contributed by atoms with Crippen molar-refractivity contribution in [1.82, 2.24) is 10.2 Å². The summed E-state index contributed by atoms with van der Waals surface area (Å²) in [6, 6.07) is 9.03. The van der Waals surface area contributed by atoms with Gasteiger partial charge in [-0.05, 0) is 46.6 Å². The van der Waals surface area contributed by atoms with Crippen molar-refractivity contribution in [3.8, 4) is 11.5 Å². The highest BCUT2D eigenvalue weighted by Crippen LogP contribution is 2.32. The third-order valence-corrected chi connectivity index (χ3v) is 4.38. The van der Waals surface area contributed by atoms with Crippen LogP contribution >= 0.6 is 27.5 Å². The summed E-state index contributed by atoms with van der Waals surface area (Å²) >= 11 is 9.12. The maximum Gasteiger partial charge on any atom is 0.275 e. The number of H-pyrrole nitrogens is 1. The molecular weight excluding hydrogens is 440 g/mol. The molecule has 2 N–H and O–H groups in total. The molecule has 0 fully saturated rings. The van der Waals surface area contributed by atoms with E-state index in [1.165, 1.54) is 24.4 Å². The Bertz CT molecular complexity index is 1040. The average Bonchev–Trinajstić information content (AvgIpc) is 3.03. The Labute approximate surface area is 166 Å². The summed E-state index contributed by atoms with van der Waals surface area (Å²) in [6.07, 6.45) is 1.43. The van der Waals surface area contributed by atoms with Gasteiger partial charge in [0, 0.05) is 17.2 Å². The monoisotopic (exact) mass is 450 g/mol. The number of rotatable bonds is 5. The number of nitro benzene ring substituents is 1. The Morgan fingerprint density at radius 2 is 2.11 bits per heavy atom. The number of halogens is 2. The zero-order chi connectivity index (χ0) is 19.6. The fourth-order valence-corrected chi connectivity index (χ4v) is 2.90. The van der Waals surface area contributed by atoms with Crippen LogP contribution in [0.25, 0.3) is 0 Å². The van der Waals surface area contributed by atoms with Crippen LogP contribution in [-0.2, 0) is 0 Å². The number of hydrogen-bond acceptors (Lipinski definition) is 5. The van der Waals surface area contributed by atoms with Crippen LogP contribution in [0.2, 0.25) is 5.02 Å². The van der Waals surface area contributed by atoms with Gasteiger partial charge in [-0.1, -0.05) is 11.6 Å². The molecule has 0 saturated heterocycles. The predicted molar refractivity (Wildman–Crippen MR) is 104 cm³/mol. The van der Waals surface area contributed by atoms with Crippen LogP contribution in [0.5, 0.6) is 11.5 Å². The molecule has 3 aromatic rings. The minimum absolute atomic E-state index is 0.192. The van der Waals surface area contributed by atoms with Gasteiger partial charge in [0.05, 0.1) is 27.3 Å². The summed E-state index contributed by atoms with van der Waals surface area (Å²) in [4.78, 5) is 23.0. The molecule has 2 aromatic carbocycles. The number of aryl methyl sites for hydroxylation is 1. The van der Waals surface area contributed by atoms with Crippen molar-refractivity contribution in [3.63, 3.8) is 0 Å². The minimum Gasteiger partial charge on any atom is -0.457 e. The second kappa shape index (κ2) is 7.77. The zero-order valence-corrected chi connectivity index (χ0v) is 16.2. The first-order chi connectivity index (χ1) is 12.8. The number of non-ortho nitro benzene ring substituents is 1. The van der Waals surface area contributed by atoms with Crippen LogP contribution in [0.4, 0.5) is 11.4 Å². The first-order valence-corrected chi connectivity index (χ1v) is 8.74. The maximum atomic E-state index is 12.3. The number of carbonyl (C=O) groups is 1. The number of aromatic nitrogens is 2. The van der Waals surface area contributed by atoms with Gasteiger partial charge in [-0.15, -0.1) is 0 Å². The van der Waals surface area contributed by atoms with Gasteiger partial charge in [0.1, 0.15) is 17.2 Å². The number of nitro groups is 1. The number of carbonyl (C=O) groups excluding carboxylic acids is 1. The van der Waals surface area contributed by atoms with Crippen molar-refractivity contribution in [1.29, 1.82) is 0 Å². The summed E-state index contributed by atoms with van der Waals surface area (Å²) in [7, 11) is 0. The van der Waals surface area contributed by atoms with E-state index >= 15 is 0 Å². The molecule has 1 amide bonds. The molecule has 1 heterocycles. The normalized spacial score (nSPS) is 10.5. The lowest BCUT2D eigenvalue weighted by Gasteiger charge is -2.11. The first kappa shape index (κ1) is 18.9. The average molecular weight is 452 g/mol. The largest absolute Gasteiger partial charge is 0.457 e. The molecule has 0 aliphatic rings. The van der Waals surface area contributed by atoms with E-state index in [1.54, 1.807) is 25.1 Å². The minimum atomic E-state index is -0.566. The SMILES string of the molecule is Cc1cc(Cl)ccc1Oc1cc(NC(=O)c2[nH]ncc2Br)cc([N+](=O)[O-])c1.